The number of nitrogens with zero attached hydrogens (tertiary/aromatic N) is 4. The van der Waals surface area contributed by atoms with Gasteiger partial charge in [0.2, 0.25) is 0 Å². The highest BCUT2D eigenvalue weighted by Crippen LogP contribution is 2.34. The lowest BCUT2D eigenvalue weighted by Crippen LogP contribution is -2.19. The molecule has 0 saturated carbocycles. The molecular weight excluding hydrogens is 583 g/mol. The van der Waals surface area contributed by atoms with Gasteiger partial charge in [0.1, 0.15) is 17.8 Å². The molecule has 2 heterocycles. The monoisotopic (exact) mass is 615 g/mol. The molecule has 12 heteroatoms. The predicted octanol–water partition coefficient (Wildman–Crippen LogP) is 8.29. The van der Waals surface area contributed by atoms with E-state index in [0.29, 0.717) is 39.4 Å². The normalized spacial score (nSPS) is 11.9. The van der Waals surface area contributed by atoms with Crippen LogP contribution in [0.25, 0.3) is 22.3 Å². The quantitative estimate of drug-likeness (QED) is 0.178. The number of fused-ring (bicyclic) bond motifs is 1. The Morgan fingerprint density at radius 2 is 1.47 bits per heavy atom. The van der Waals surface area contributed by atoms with Crippen molar-refractivity contribution in [2.24, 2.45) is 0 Å². The summed E-state index contributed by atoms with van der Waals surface area (Å²) >= 11 is 0. The number of halogens is 3. The van der Waals surface area contributed by atoms with Crippen LogP contribution in [-0.4, -0.2) is 31.7 Å². The number of amides is 3. The van der Waals surface area contributed by atoms with E-state index in [0.717, 1.165) is 17.7 Å². The highest BCUT2D eigenvalue weighted by molar-refractivity contribution is 6.10. The molecule has 0 saturated heterocycles. The number of rotatable bonds is 6. The van der Waals surface area contributed by atoms with Crippen molar-refractivity contribution in [1.29, 1.82) is 0 Å². The van der Waals surface area contributed by atoms with Gasteiger partial charge in [-0.15, -0.1) is 0 Å². The fraction of sp³-hybridized carbons (Fsp3) is 0.242. The minimum atomic E-state index is -4.53. The van der Waals surface area contributed by atoms with E-state index in [4.69, 9.17) is 5.10 Å². The van der Waals surface area contributed by atoms with Crippen LogP contribution in [0.2, 0.25) is 0 Å². The number of carbonyl (C=O) groups excluding carboxylic acids is 2. The van der Waals surface area contributed by atoms with Gasteiger partial charge in [0.05, 0.1) is 10.9 Å². The second kappa shape index (κ2) is 12.0. The molecule has 3 amide bonds. The van der Waals surface area contributed by atoms with E-state index in [9.17, 15) is 22.8 Å². The van der Waals surface area contributed by atoms with E-state index >= 15 is 0 Å². The zero-order valence-electron chi connectivity index (χ0n) is 25.3. The lowest BCUT2D eigenvalue weighted by atomic mass is 9.87. The second-order valence-corrected chi connectivity index (χ2v) is 11.8. The predicted molar refractivity (Wildman–Crippen MR) is 168 cm³/mol. The van der Waals surface area contributed by atoms with E-state index in [1.807, 2.05) is 26.0 Å². The Bertz CT molecular complexity index is 1860. The number of nitrogens with one attached hydrogen (secondary N) is 3. The number of alkyl halides is 3. The molecule has 0 atom stereocenters. The maximum Gasteiger partial charge on any atom is 0.416 e. The lowest BCUT2D eigenvalue weighted by molar-refractivity contribution is -0.137. The topological polar surface area (TPSA) is 114 Å². The molecule has 0 unspecified atom stereocenters. The van der Waals surface area contributed by atoms with Crippen molar-refractivity contribution < 1.29 is 22.8 Å². The van der Waals surface area contributed by atoms with Gasteiger partial charge in [-0.2, -0.15) is 18.3 Å². The van der Waals surface area contributed by atoms with Crippen molar-refractivity contribution >= 4 is 40.2 Å². The summed E-state index contributed by atoms with van der Waals surface area (Å²) in [7, 11) is 0. The molecule has 0 spiro atoms. The fourth-order valence-corrected chi connectivity index (χ4v) is 4.71. The van der Waals surface area contributed by atoms with Crippen molar-refractivity contribution in [2.75, 3.05) is 16.0 Å². The zero-order chi connectivity index (χ0) is 32.5. The molecule has 232 valence electrons. The number of benzene rings is 3. The summed E-state index contributed by atoms with van der Waals surface area (Å²) in [5.41, 5.74) is 2.81. The molecule has 3 aromatic carbocycles. The summed E-state index contributed by atoms with van der Waals surface area (Å²) < 4.78 is 40.8. The molecule has 45 heavy (non-hydrogen) atoms. The average Bonchev–Trinajstić information content (AvgIpc) is 3.38. The molecule has 5 rings (SSSR count). The number of urea groups is 1. The Labute approximate surface area is 257 Å². The molecule has 5 aromatic rings. The Balaban J connectivity index is 1.40. The third kappa shape index (κ3) is 6.95. The standard InChI is InChI=1S/C33H32F3N7O2/c1-19(2)43-29-26(28(37-18-38-29)41-30(44)21-9-13-22(14-10-21)32(3,4)5)27(42-43)20-11-15-24(16-12-20)39-31(45)40-25-8-6-7-23(17-25)33(34,35)36/h6-19H,1-5H3,(H2,39,40,45)(H,37,38,41,44). The SMILES string of the molecule is CC(C)n1nc(-c2ccc(NC(=O)Nc3cccc(C(F)(F)F)c3)cc2)c2c(NC(=O)c3ccc(C(C)(C)C)cc3)ncnc21. The zero-order valence-corrected chi connectivity index (χ0v) is 25.3. The molecule has 0 radical (unpaired) electrons. The minimum Gasteiger partial charge on any atom is -0.308 e. The minimum absolute atomic E-state index is 0.00404. The molecule has 0 aliphatic carbocycles. The van der Waals surface area contributed by atoms with Crippen molar-refractivity contribution in [1.82, 2.24) is 19.7 Å². The summed E-state index contributed by atoms with van der Waals surface area (Å²) in [5, 5.41) is 13.3. The maximum absolute atomic E-state index is 13.3. The van der Waals surface area contributed by atoms with Gasteiger partial charge in [-0.1, -0.05) is 51.1 Å². The van der Waals surface area contributed by atoms with Crippen LogP contribution in [0.1, 0.15) is 62.1 Å². The molecule has 2 aromatic heterocycles. The Morgan fingerprint density at radius 3 is 2.09 bits per heavy atom. The largest absolute Gasteiger partial charge is 0.416 e. The highest BCUT2D eigenvalue weighted by Gasteiger charge is 2.30. The van der Waals surface area contributed by atoms with Crippen molar-refractivity contribution in [3.05, 3.63) is 95.8 Å². The van der Waals surface area contributed by atoms with Crippen molar-refractivity contribution in [2.45, 2.75) is 52.3 Å². The van der Waals surface area contributed by atoms with E-state index in [-0.39, 0.29) is 23.1 Å². The van der Waals surface area contributed by atoms with Gasteiger partial charge in [0.25, 0.3) is 5.91 Å². The van der Waals surface area contributed by atoms with Gasteiger partial charge in [-0.05, 0) is 67.3 Å². The maximum atomic E-state index is 13.3. The molecule has 3 N–H and O–H groups in total. The van der Waals surface area contributed by atoms with E-state index < -0.39 is 17.8 Å². The fourth-order valence-electron chi connectivity index (χ4n) is 4.71. The average molecular weight is 616 g/mol. The second-order valence-electron chi connectivity index (χ2n) is 11.8. The van der Waals surface area contributed by atoms with E-state index in [1.165, 1.54) is 18.5 Å². The number of carbonyl (C=O) groups is 2. The van der Waals surface area contributed by atoms with Crippen LogP contribution < -0.4 is 16.0 Å². The van der Waals surface area contributed by atoms with Crippen molar-refractivity contribution in [3.63, 3.8) is 0 Å². The first-order valence-corrected chi connectivity index (χ1v) is 14.2. The van der Waals surface area contributed by atoms with Crippen LogP contribution in [0.15, 0.2) is 79.1 Å². The lowest BCUT2D eigenvalue weighted by Gasteiger charge is -2.19. The van der Waals surface area contributed by atoms with Gasteiger partial charge < -0.3 is 16.0 Å². The Morgan fingerprint density at radius 1 is 0.800 bits per heavy atom. The van der Waals surface area contributed by atoms with Crippen LogP contribution in [0.4, 0.5) is 35.2 Å². The number of hydrogen-bond acceptors (Lipinski definition) is 5. The number of hydrogen-bond donors (Lipinski definition) is 3. The number of anilines is 3. The van der Waals surface area contributed by atoms with Gasteiger partial charge in [0.15, 0.2) is 5.65 Å². The first kappa shape index (κ1) is 31.2. The van der Waals surface area contributed by atoms with Crippen LogP contribution in [0, 0.1) is 0 Å². The summed E-state index contributed by atoms with van der Waals surface area (Å²) in [6.07, 6.45) is -3.15. The summed E-state index contributed by atoms with van der Waals surface area (Å²) in [6.45, 7) is 10.2. The summed E-state index contributed by atoms with van der Waals surface area (Å²) in [4.78, 5) is 34.6. The van der Waals surface area contributed by atoms with Gasteiger partial charge in [-0.25, -0.2) is 19.4 Å². The van der Waals surface area contributed by atoms with E-state index in [1.54, 1.807) is 41.1 Å². The van der Waals surface area contributed by atoms with Gasteiger partial charge >= 0.3 is 12.2 Å². The smallest absolute Gasteiger partial charge is 0.308 e. The third-order valence-electron chi connectivity index (χ3n) is 7.09. The molecule has 9 nitrogen and oxygen atoms in total. The highest BCUT2D eigenvalue weighted by atomic mass is 19.4. The summed E-state index contributed by atoms with van der Waals surface area (Å²) in [6, 6.07) is 17.8. The number of aromatic nitrogens is 4. The third-order valence-corrected chi connectivity index (χ3v) is 7.09. The van der Waals surface area contributed by atoms with Crippen molar-refractivity contribution in [3.8, 4) is 11.3 Å². The Kier molecular flexibility index (Phi) is 8.33. The summed E-state index contributed by atoms with van der Waals surface area (Å²) in [5.74, 6) is -0.0282. The Hall–Kier alpha value is -5.26. The first-order chi connectivity index (χ1) is 21.2. The van der Waals surface area contributed by atoms with Crippen LogP contribution in [0.5, 0.6) is 0 Å². The van der Waals surface area contributed by atoms with Crippen LogP contribution in [0.3, 0.4) is 0 Å². The van der Waals surface area contributed by atoms with E-state index in [2.05, 4.69) is 46.7 Å². The van der Waals surface area contributed by atoms with Crippen LogP contribution >= 0.6 is 0 Å². The molecule has 0 aliphatic rings. The molecule has 0 fully saturated rings. The first-order valence-electron chi connectivity index (χ1n) is 14.2. The van der Waals surface area contributed by atoms with Gasteiger partial charge in [-0.3, -0.25) is 4.79 Å². The molecule has 0 bridgehead atoms. The van der Waals surface area contributed by atoms with Crippen LogP contribution in [-0.2, 0) is 11.6 Å². The molecule has 0 aliphatic heterocycles. The van der Waals surface area contributed by atoms with Gasteiger partial charge in [0, 0.05) is 28.5 Å². The molecular formula is C33H32F3N7O2.